The number of rotatable bonds is 8. The molecule has 10 heteroatoms. The van der Waals surface area contributed by atoms with Crippen molar-refractivity contribution in [2.45, 2.75) is 68.7 Å². The van der Waals surface area contributed by atoms with Crippen molar-refractivity contribution < 1.29 is 13.2 Å². The van der Waals surface area contributed by atoms with Gasteiger partial charge < -0.3 is 10.6 Å². The van der Waals surface area contributed by atoms with Crippen LogP contribution in [0.4, 0.5) is 5.69 Å². The molecule has 9 nitrogen and oxygen atoms in total. The molecule has 1 aromatic carbocycles. The summed E-state index contributed by atoms with van der Waals surface area (Å²) in [5.74, 6) is 0.200. The standard InChI is InChI=1S/C22H32N6O3S/c1-14(2)27(3)32(30,31)17-8-6-16(7-9-17)25-21-20-19(11-13-24-22(20)29)28(26-21)18(10-12-23)15-4-5-15/h6-9,14-15,18-21,25-26H,4-5,10-11,13H2,1-3H3,(H,24,29)/t18-,19?,20?,21?/m0/s1. The van der Waals surface area contributed by atoms with Gasteiger partial charge in [-0.15, -0.1) is 0 Å². The number of benzene rings is 1. The van der Waals surface area contributed by atoms with Crippen molar-refractivity contribution in [3.05, 3.63) is 24.3 Å². The predicted molar refractivity (Wildman–Crippen MR) is 121 cm³/mol. The summed E-state index contributed by atoms with van der Waals surface area (Å²) in [6.45, 7) is 4.29. The Morgan fingerprint density at radius 3 is 2.53 bits per heavy atom. The number of sulfonamides is 1. The van der Waals surface area contributed by atoms with Gasteiger partial charge in [0.15, 0.2) is 0 Å². The van der Waals surface area contributed by atoms with Gasteiger partial charge in [0.1, 0.15) is 6.17 Å². The topological polar surface area (TPSA) is 118 Å². The van der Waals surface area contributed by atoms with Gasteiger partial charge in [-0.1, -0.05) is 0 Å². The number of nitrogens with one attached hydrogen (secondary N) is 3. The first-order chi connectivity index (χ1) is 15.2. The molecule has 1 aromatic rings. The Morgan fingerprint density at radius 1 is 1.25 bits per heavy atom. The molecule has 2 aliphatic heterocycles. The number of hydrazine groups is 1. The Bertz CT molecular complexity index is 986. The van der Waals surface area contributed by atoms with Crippen LogP contribution >= 0.6 is 0 Å². The normalized spacial score (nSPS) is 27.1. The number of hydrogen-bond donors (Lipinski definition) is 3. The lowest BCUT2D eigenvalue weighted by Gasteiger charge is -2.34. The number of nitrogens with zero attached hydrogens (tertiary/aromatic N) is 3. The summed E-state index contributed by atoms with van der Waals surface area (Å²) < 4.78 is 26.8. The van der Waals surface area contributed by atoms with Crippen LogP contribution < -0.4 is 16.1 Å². The highest BCUT2D eigenvalue weighted by molar-refractivity contribution is 7.89. The third-order valence-corrected chi connectivity index (χ3v) is 8.91. The second kappa shape index (κ2) is 8.98. The summed E-state index contributed by atoms with van der Waals surface area (Å²) >= 11 is 0. The van der Waals surface area contributed by atoms with E-state index in [1.54, 1.807) is 31.3 Å². The van der Waals surface area contributed by atoms with Gasteiger partial charge in [-0.2, -0.15) is 9.57 Å². The van der Waals surface area contributed by atoms with Crippen LogP contribution in [0.1, 0.15) is 39.5 Å². The molecule has 1 amide bonds. The highest BCUT2D eigenvalue weighted by Crippen LogP contribution is 2.41. The van der Waals surface area contributed by atoms with Crippen LogP contribution in [0.3, 0.4) is 0 Å². The molecular weight excluding hydrogens is 428 g/mol. The Morgan fingerprint density at radius 2 is 1.94 bits per heavy atom. The third kappa shape index (κ3) is 4.35. The lowest BCUT2D eigenvalue weighted by Crippen LogP contribution is -2.52. The van der Waals surface area contributed by atoms with Crippen LogP contribution in [0, 0.1) is 23.2 Å². The van der Waals surface area contributed by atoms with Gasteiger partial charge >= 0.3 is 0 Å². The van der Waals surface area contributed by atoms with E-state index in [-0.39, 0.29) is 41.0 Å². The monoisotopic (exact) mass is 460 g/mol. The molecule has 4 atom stereocenters. The number of anilines is 1. The maximum atomic E-state index is 12.7. The maximum Gasteiger partial charge on any atom is 0.243 e. The first-order valence-electron chi connectivity index (χ1n) is 11.3. The fraction of sp³-hybridized carbons (Fsp3) is 0.636. The van der Waals surface area contributed by atoms with E-state index >= 15 is 0 Å². The fourth-order valence-electron chi connectivity index (χ4n) is 4.71. The molecule has 2 heterocycles. The molecule has 3 aliphatic rings. The molecule has 3 N–H and O–H groups in total. The van der Waals surface area contributed by atoms with Gasteiger partial charge in [-0.3, -0.25) is 4.79 Å². The zero-order valence-electron chi connectivity index (χ0n) is 18.8. The van der Waals surface area contributed by atoms with Gasteiger partial charge in [0, 0.05) is 37.4 Å². The third-order valence-electron chi connectivity index (χ3n) is 6.87. The van der Waals surface area contributed by atoms with Crippen molar-refractivity contribution in [1.82, 2.24) is 20.1 Å². The molecule has 1 saturated carbocycles. The largest absolute Gasteiger partial charge is 0.368 e. The van der Waals surface area contributed by atoms with Crippen molar-refractivity contribution in [2.24, 2.45) is 11.8 Å². The first-order valence-corrected chi connectivity index (χ1v) is 12.7. The van der Waals surface area contributed by atoms with E-state index in [9.17, 15) is 18.5 Å². The number of carbonyl (C=O) groups excluding carboxylic acids is 1. The molecule has 0 bridgehead atoms. The molecular formula is C22H32N6O3S. The molecule has 32 heavy (non-hydrogen) atoms. The number of carbonyl (C=O) groups is 1. The van der Waals surface area contributed by atoms with E-state index in [1.807, 2.05) is 13.8 Å². The fourth-order valence-corrected chi connectivity index (χ4v) is 6.08. The Kier molecular flexibility index (Phi) is 6.45. The number of hydrogen-bond acceptors (Lipinski definition) is 7. The molecule has 0 aromatic heterocycles. The van der Waals surface area contributed by atoms with E-state index in [2.05, 4.69) is 27.1 Å². The van der Waals surface area contributed by atoms with Crippen molar-refractivity contribution in [2.75, 3.05) is 18.9 Å². The van der Waals surface area contributed by atoms with Gasteiger partial charge in [-0.25, -0.2) is 18.9 Å². The second-order valence-electron chi connectivity index (χ2n) is 9.24. The number of fused-ring (bicyclic) bond motifs is 1. The molecule has 4 rings (SSSR count). The molecule has 0 spiro atoms. The molecule has 1 aliphatic carbocycles. The minimum absolute atomic E-state index is 0.00184. The van der Waals surface area contributed by atoms with Crippen molar-refractivity contribution in [3.63, 3.8) is 0 Å². The van der Waals surface area contributed by atoms with E-state index in [0.29, 0.717) is 18.9 Å². The summed E-state index contributed by atoms with van der Waals surface area (Å²) in [7, 11) is -1.98. The summed E-state index contributed by atoms with van der Waals surface area (Å²) in [5, 5.41) is 17.8. The van der Waals surface area contributed by atoms with Gasteiger partial charge in [0.05, 0.1) is 23.3 Å². The predicted octanol–water partition coefficient (Wildman–Crippen LogP) is 1.47. The number of piperidine rings is 1. The lowest BCUT2D eigenvalue weighted by molar-refractivity contribution is -0.128. The van der Waals surface area contributed by atoms with Crippen LogP contribution in [0.25, 0.3) is 0 Å². The van der Waals surface area contributed by atoms with Crippen molar-refractivity contribution >= 4 is 21.6 Å². The minimum Gasteiger partial charge on any atom is -0.368 e. The van der Waals surface area contributed by atoms with Crippen LogP contribution in [0.5, 0.6) is 0 Å². The van der Waals surface area contributed by atoms with E-state index < -0.39 is 10.0 Å². The average Bonchev–Trinajstić information content (AvgIpc) is 3.54. The molecule has 2 saturated heterocycles. The highest BCUT2D eigenvalue weighted by Gasteiger charge is 2.51. The van der Waals surface area contributed by atoms with Crippen LogP contribution in [-0.4, -0.2) is 61.5 Å². The average molecular weight is 461 g/mol. The quantitative estimate of drug-likeness (QED) is 0.538. The van der Waals surface area contributed by atoms with Crippen LogP contribution in [0.2, 0.25) is 0 Å². The highest BCUT2D eigenvalue weighted by atomic mass is 32.2. The SMILES string of the molecule is CC(C)N(C)S(=O)(=O)c1ccc(NC2NN([C@@H](CC#N)C3CC3)C3CCNC(=O)C23)cc1. The van der Waals surface area contributed by atoms with Gasteiger partial charge in [0.2, 0.25) is 15.9 Å². The molecule has 3 unspecified atom stereocenters. The summed E-state index contributed by atoms with van der Waals surface area (Å²) in [5.41, 5.74) is 4.21. The second-order valence-corrected chi connectivity index (χ2v) is 11.2. The Labute approximate surface area is 190 Å². The maximum absolute atomic E-state index is 12.7. The van der Waals surface area contributed by atoms with E-state index in [1.165, 1.54) is 4.31 Å². The minimum atomic E-state index is -3.55. The number of nitriles is 1. The van der Waals surface area contributed by atoms with E-state index in [4.69, 9.17) is 0 Å². The van der Waals surface area contributed by atoms with Crippen molar-refractivity contribution in [3.8, 4) is 6.07 Å². The van der Waals surface area contributed by atoms with Gasteiger partial charge in [-0.05, 0) is 63.3 Å². The first kappa shape index (κ1) is 23.0. The Hall–Kier alpha value is -2.19. The summed E-state index contributed by atoms with van der Waals surface area (Å²) in [6.07, 6.45) is 3.17. The molecule has 3 fully saturated rings. The summed E-state index contributed by atoms with van der Waals surface area (Å²) in [6, 6.07) is 8.94. The zero-order chi connectivity index (χ0) is 23.0. The Balaban J connectivity index is 1.53. The van der Waals surface area contributed by atoms with Gasteiger partial charge in [0.25, 0.3) is 0 Å². The lowest BCUT2D eigenvalue weighted by atomic mass is 9.90. The van der Waals surface area contributed by atoms with Crippen LogP contribution in [0.15, 0.2) is 29.2 Å². The van der Waals surface area contributed by atoms with E-state index in [0.717, 1.165) is 24.9 Å². The van der Waals surface area contributed by atoms with Crippen molar-refractivity contribution in [1.29, 1.82) is 5.26 Å². The smallest absolute Gasteiger partial charge is 0.243 e. The summed E-state index contributed by atoms with van der Waals surface area (Å²) in [4.78, 5) is 13.0. The van der Waals surface area contributed by atoms with Crippen LogP contribution in [-0.2, 0) is 14.8 Å². The zero-order valence-corrected chi connectivity index (χ0v) is 19.6. The molecule has 0 radical (unpaired) electrons. The number of amides is 1. The molecule has 174 valence electrons.